The van der Waals surface area contributed by atoms with Gasteiger partial charge in [-0.15, -0.1) is 0 Å². The van der Waals surface area contributed by atoms with Gasteiger partial charge < -0.3 is 10.8 Å². The van der Waals surface area contributed by atoms with Crippen LogP contribution < -0.4 is 5.73 Å². The van der Waals surface area contributed by atoms with Crippen LogP contribution in [0.5, 0.6) is 0 Å². The number of nitrogens with zero attached hydrogens (tertiary/aromatic N) is 2. The van der Waals surface area contributed by atoms with Gasteiger partial charge in [0.05, 0.1) is 17.3 Å². The Morgan fingerprint density at radius 1 is 1.32 bits per heavy atom. The van der Waals surface area contributed by atoms with Crippen LogP contribution in [0.1, 0.15) is 19.5 Å². The van der Waals surface area contributed by atoms with E-state index >= 15 is 0 Å². The average Bonchev–Trinajstić information content (AvgIpc) is 2.67. The number of hydrogen-bond donors (Lipinski definition) is 2. The molecular formula is C15H23N3O. The summed E-state index contributed by atoms with van der Waals surface area (Å²) < 4.78 is 1.87. The van der Waals surface area contributed by atoms with Gasteiger partial charge in [0, 0.05) is 18.9 Å². The number of para-hydroxylation sites is 1. The molecule has 2 unspecified atom stereocenters. The monoisotopic (exact) mass is 261 g/mol. The van der Waals surface area contributed by atoms with Gasteiger partial charge in [0.1, 0.15) is 0 Å². The highest BCUT2D eigenvalue weighted by Gasteiger charge is 2.23. The molecule has 0 bridgehead atoms. The normalized spacial score (nSPS) is 15.1. The first kappa shape index (κ1) is 14.0. The molecule has 0 saturated carbocycles. The Bertz CT molecular complexity index is 547. The Kier molecular flexibility index (Phi) is 4.22. The molecule has 0 radical (unpaired) electrons. The molecule has 0 fully saturated rings. The maximum Gasteiger partial charge on any atom is 0.0729 e. The summed E-state index contributed by atoms with van der Waals surface area (Å²) in [7, 11) is 1.93. The maximum absolute atomic E-state index is 10.4. The van der Waals surface area contributed by atoms with Crippen LogP contribution in [0.4, 0.5) is 0 Å². The van der Waals surface area contributed by atoms with Crippen LogP contribution in [0.15, 0.2) is 24.3 Å². The number of benzene rings is 1. The Balaban J connectivity index is 2.26. The minimum Gasteiger partial charge on any atom is -0.392 e. The minimum atomic E-state index is -0.441. The molecule has 2 rings (SSSR count). The first-order chi connectivity index (χ1) is 9.04. The number of aliphatic hydroxyl groups excluding tert-OH is 1. The third-order valence-electron chi connectivity index (χ3n) is 3.86. The van der Waals surface area contributed by atoms with E-state index in [-0.39, 0.29) is 5.92 Å². The van der Waals surface area contributed by atoms with Crippen LogP contribution in [0.3, 0.4) is 0 Å². The molecular weight excluding hydrogens is 238 g/mol. The van der Waals surface area contributed by atoms with Crippen molar-refractivity contribution in [2.75, 3.05) is 6.54 Å². The van der Waals surface area contributed by atoms with Crippen LogP contribution in [0, 0.1) is 11.8 Å². The van der Waals surface area contributed by atoms with Gasteiger partial charge in [-0.1, -0.05) is 32.0 Å². The van der Waals surface area contributed by atoms with Gasteiger partial charge in [0.25, 0.3) is 0 Å². The van der Waals surface area contributed by atoms with Crippen molar-refractivity contribution < 1.29 is 5.11 Å². The second-order valence-corrected chi connectivity index (χ2v) is 5.50. The summed E-state index contributed by atoms with van der Waals surface area (Å²) in [6.07, 6.45) is 0.116. The zero-order valence-electron chi connectivity index (χ0n) is 11.9. The van der Waals surface area contributed by atoms with Crippen LogP contribution in [0.25, 0.3) is 10.9 Å². The fraction of sp³-hybridized carbons (Fsp3) is 0.533. The molecule has 0 aliphatic rings. The largest absolute Gasteiger partial charge is 0.392 e. The highest BCUT2D eigenvalue weighted by atomic mass is 16.3. The van der Waals surface area contributed by atoms with Gasteiger partial charge >= 0.3 is 0 Å². The minimum absolute atomic E-state index is 0.112. The predicted octanol–water partition coefficient (Wildman–Crippen LogP) is 1.71. The predicted molar refractivity (Wildman–Crippen MR) is 77.8 cm³/mol. The van der Waals surface area contributed by atoms with Crippen molar-refractivity contribution in [2.45, 2.75) is 26.4 Å². The summed E-state index contributed by atoms with van der Waals surface area (Å²) in [6.45, 7) is 4.69. The highest BCUT2D eigenvalue weighted by molar-refractivity contribution is 5.81. The van der Waals surface area contributed by atoms with Crippen molar-refractivity contribution >= 4 is 10.9 Å². The molecule has 0 amide bonds. The Labute approximate surface area is 114 Å². The smallest absolute Gasteiger partial charge is 0.0729 e. The lowest BCUT2D eigenvalue weighted by molar-refractivity contribution is 0.0856. The van der Waals surface area contributed by atoms with Crippen LogP contribution in [-0.4, -0.2) is 27.5 Å². The summed E-state index contributed by atoms with van der Waals surface area (Å²) in [6, 6.07) is 8.10. The van der Waals surface area contributed by atoms with Crippen LogP contribution in [0.2, 0.25) is 0 Å². The summed E-state index contributed by atoms with van der Waals surface area (Å²) in [5.74, 6) is 0.482. The second-order valence-electron chi connectivity index (χ2n) is 5.50. The first-order valence-corrected chi connectivity index (χ1v) is 6.83. The molecule has 1 aromatic heterocycles. The number of aromatic nitrogens is 2. The number of rotatable bonds is 5. The first-order valence-electron chi connectivity index (χ1n) is 6.83. The second kappa shape index (κ2) is 5.72. The summed E-state index contributed by atoms with van der Waals surface area (Å²) >= 11 is 0. The lowest BCUT2D eigenvalue weighted by atomic mass is 9.88. The number of fused-ring (bicyclic) bond motifs is 1. The summed E-state index contributed by atoms with van der Waals surface area (Å²) in [5.41, 5.74) is 7.81. The van der Waals surface area contributed by atoms with Crippen molar-refractivity contribution in [2.24, 2.45) is 24.6 Å². The van der Waals surface area contributed by atoms with Gasteiger partial charge in [-0.25, -0.2) is 0 Å². The summed E-state index contributed by atoms with van der Waals surface area (Å²) in [5, 5.41) is 16.0. The lowest BCUT2D eigenvalue weighted by Gasteiger charge is -2.24. The molecule has 1 heterocycles. The molecule has 4 heteroatoms. The third kappa shape index (κ3) is 2.80. The molecule has 0 saturated heterocycles. The van der Waals surface area contributed by atoms with E-state index in [1.54, 1.807) is 0 Å². The van der Waals surface area contributed by atoms with E-state index in [0.29, 0.717) is 18.9 Å². The zero-order valence-corrected chi connectivity index (χ0v) is 11.9. The van der Waals surface area contributed by atoms with Gasteiger partial charge in [0.2, 0.25) is 0 Å². The van der Waals surface area contributed by atoms with Crippen molar-refractivity contribution in [3.8, 4) is 0 Å². The van der Waals surface area contributed by atoms with Gasteiger partial charge in [0.15, 0.2) is 0 Å². The van der Waals surface area contributed by atoms with Crippen LogP contribution in [-0.2, 0) is 13.5 Å². The molecule has 104 valence electrons. The molecule has 2 atom stereocenters. The van der Waals surface area contributed by atoms with E-state index < -0.39 is 6.10 Å². The average molecular weight is 261 g/mol. The van der Waals surface area contributed by atoms with E-state index in [9.17, 15) is 5.11 Å². The molecule has 1 aromatic carbocycles. The molecule has 0 aliphatic carbocycles. The third-order valence-corrected chi connectivity index (χ3v) is 3.86. The van der Waals surface area contributed by atoms with Gasteiger partial charge in [-0.05, 0) is 24.4 Å². The van der Waals surface area contributed by atoms with Crippen molar-refractivity contribution in [3.05, 3.63) is 30.0 Å². The fourth-order valence-corrected chi connectivity index (χ4v) is 2.66. The van der Waals surface area contributed by atoms with Crippen LogP contribution >= 0.6 is 0 Å². The number of nitrogens with two attached hydrogens (primary N) is 1. The van der Waals surface area contributed by atoms with E-state index in [1.807, 2.05) is 29.9 Å². The Morgan fingerprint density at radius 2 is 2.00 bits per heavy atom. The maximum atomic E-state index is 10.4. The quantitative estimate of drug-likeness (QED) is 0.861. The summed E-state index contributed by atoms with van der Waals surface area (Å²) in [4.78, 5) is 0. The molecule has 2 aromatic rings. The topological polar surface area (TPSA) is 64.1 Å². The highest BCUT2D eigenvalue weighted by Crippen LogP contribution is 2.22. The van der Waals surface area contributed by atoms with Gasteiger partial charge in [-0.2, -0.15) is 5.10 Å². The fourth-order valence-electron chi connectivity index (χ4n) is 2.66. The van der Waals surface area contributed by atoms with E-state index in [0.717, 1.165) is 16.6 Å². The Morgan fingerprint density at radius 3 is 2.63 bits per heavy atom. The van der Waals surface area contributed by atoms with Crippen molar-refractivity contribution in [3.63, 3.8) is 0 Å². The van der Waals surface area contributed by atoms with E-state index in [4.69, 9.17) is 5.73 Å². The molecule has 0 aliphatic heterocycles. The molecule has 4 nitrogen and oxygen atoms in total. The van der Waals surface area contributed by atoms with Crippen molar-refractivity contribution in [1.82, 2.24) is 9.78 Å². The molecule has 3 N–H and O–H groups in total. The van der Waals surface area contributed by atoms with Gasteiger partial charge in [-0.3, -0.25) is 4.68 Å². The molecule has 19 heavy (non-hydrogen) atoms. The van der Waals surface area contributed by atoms with E-state index in [2.05, 4.69) is 25.0 Å². The molecule has 0 spiro atoms. The zero-order chi connectivity index (χ0) is 14.0. The van der Waals surface area contributed by atoms with Crippen molar-refractivity contribution in [1.29, 1.82) is 0 Å². The lowest BCUT2D eigenvalue weighted by Crippen LogP contribution is -2.33. The van der Waals surface area contributed by atoms with E-state index in [1.165, 1.54) is 0 Å². The Hall–Kier alpha value is -1.39. The number of aliphatic hydroxyl groups is 1. The number of hydrogen-bond acceptors (Lipinski definition) is 3. The standard InChI is InChI=1S/C15H23N3O/c1-10(2)12(9-16)15(19)8-13-11-6-4-5-7-14(11)18(3)17-13/h4-7,10,12,15,19H,8-9,16H2,1-3H3. The number of aryl methyl sites for hydroxylation is 1. The SMILES string of the molecule is CC(C)C(CN)C(O)Cc1nn(C)c2ccccc12.